The lowest BCUT2D eigenvalue weighted by Crippen LogP contribution is -2.16. The maximum absolute atomic E-state index is 12.5. The van der Waals surface area contributed by atoms with E-state index in [1.165, 1.54) is 11.8 Å². The largest absolute Gasteiger partial charge is 0.236 e. The van der Waals surface area contributed by atoms with E-state index in [9.17, 15) is 4.48 Å². The van der Waals surface area contributed by atoms with E-state index in [4.69, 9.17) is 0 Å². The maximum atomic E-state index is 12.5. The molecule has 72 valence electrons. The minimum absolute atomic E-state index is 0.0265. The molecule has 0 radical (unpaired) electrons. The summed E-state index contributed by atoms with van der Waals surface area (Å²) in [6.07, 6.45) is 1.14. The number of halogens is 1. The highest BCUT2D eigenvalue weighted by Crippen LogP contribution is 2.20. The van der Waals surface area contributed by atoms with Gasteiger partial charge < -0.3 is 0 Å². The third-order valence-corrected chi connectivity index (χ3v) is 2.51. The Morgan fingerprint density at radius 2 is 2.07 bits per heavy atom. The highest BCUT2D eigenvalue weighted by Gasteiger charge is 2.06. The third kappa shape index (κ3) is 2.32. The summed E-state index contributed by atoms with van der Waals surface area (Å²) in [5.74, 6) is 0. The normalized spacial score (nSPS) is 15.5. The Kier molecular flexibility index (Phi) is 2.78. The van der Waals surface area contributed by atoms with Crippen molar-refractivity contribution in [2.24, 2.45) is 9.98 Å². The molecule has 0 saturated heterocycles. The number of hydrogen-bond acceptors (Lipinski definition) is 4. The third-order valence-electron chi connectivity index (χ3n) is 1.59. The van der Waals surface area contributed by atoms with Crippen LogP contribution in [0, 0.1) is 0 Å². The average molecular weight is 209 g/mol. The fourth-order valence-electron chi connectivity index (χ4n) is 0.970. The molecular weight excluding hydrogens is 201 g/mol. The van der Waals surface area contributed by atoms with Gasteiger partial charge in [0, 0.05) is 4.90 Å². The van der Waals surface area contributed by atoms with Crippen LogP contribution in [0.1, 0.15) is 0 Å². The molecule has 0 spiro atoms. The van der Waals surface area contributed by atoms with Gasteiger partial charge >= 0.3 is 0 Å². The number of nitrogens with zero attached hydrogens (tertiary/aromatic N) is 3. The van der Waals surface area contributed by atoms with Crippen molar-refractivity contribution in [1.29, 1.82) is 0 Å². The second-order valence-corrected chi connectivity index (χ2v) is 3.68. The molecule has 1 aliphatic rings. The lowest BCUT2D eigenvalue weighted by molar-refractivity contribution is 0.132. The summed E-state index contributed by atoms with van der Waals surface area (Å²) in [4.78, 5) is 8.83. The van der Waals surface area contributed by atoms with Crippen LogP contribution in [0.2, 0.25) is 0 Å². The van der Waals surface area contributed by atoms with Gasteiger partial charge in [0.15, 0.2) is 5.17 Å². The molecule has 0 fully saturated rings. The molecule has 0 saturated carbocycles. The molecule has 0 bridgehead atoms. The second-order valence-electron chi connectivity index (χ2n) is 2.64. The first-order valence-electron chi connectivity index (χ1n) is 4.08. The number of amidine groups is 1. The standard InChI is InChI=1S/C9H8FN3S/c10-13-6-11-9(12-7-13)14-8-4-2-1-3-5-8/h1-6H,7H2. The summed E-state index contributed by atoms with van der Waals surface area (Å²) >= 11 is 1.43. The van der Waals surface area contributed by atoms with E-state index in [-0.39, 0.29) is 6.67 Å². The fourth-order valence-corrected chi connectivity index (χ4v) is 1.70. The summed E-state index contributed by atoms with van der Waals surface area (Å²) in [5, 5.41) is 1.03. The zero-order chi connectivity index (χ0) is 9.80. The Labute approximate surface area is 85.3 Å². The Morgan fingerprint density at radius 3 is 2.71 bits per heavy atom. The highest BCUT2D eigenvalue weighted by atomic mass is 32.2. The lowest BCUT2D eigenvalue weighted by Gasteiger charge is -2.10. The monoisotopic (exact) mass is 209 g/mol. The van der Waals surface area contributed by atoms with E-state index in [0.717, 1.165) is 11.2 Å². The first-order valence-corrected chi connectivity index (χ1v) is 4.90. The molecular formula is C9H8FN3S. The van der Waals surface area contributed by atoms with Crippen LogP contribution in [0.25, 0.3) is 0 Å². The van der Waals surface area contributed by atoms with E-state index in [2.05, 4.69) is 9.98 Å². The average Bonchev–Trinajstić information content (AvgIpc) is 2.23. The van der Waals surface area contributed by atoms with Gasteiger partial charge in [-0.3, -0.25) is 0 Å². The summed E-state index contributed by atoms with van der Waals surface area (Å²) in [7, 11) is 0. The van der Waals surface area contributed by atoms with Crippen LogP contribution < -0.4 is 0 Å². The minimum atomic E-state index is 0.0265. The summed E-state index contributed by atoms with van der Waals surface area (Å²) in [5.41, 5.74) is 0. The van der Waals surface area contributed by atoms with E-state index in [1.54, 1.807) is 0 Å². The molecule has 3 nitrogen and oxygen atoms in total. The molecule has 1 aromatic rings. The quantitative estimate of drug-likeness (QED) is 0.664. The Balaban J connectivity index is 2.03. The smallest absolute Gasteiger partial charge is 0.191 e. The Bertz CT molecular complexity index is 364. The van der Waals surface area contributed by atoms with Gasteiger partial charge in [0.25, 0.3) is 0 Å². The van der Waals surface area contributed by atoms with E-state index >= 15 is 0 Å². The molecule has 0 amide bonds. The topological polar surface area (TPSA) is 28.0 Å². The molecule has 14 heavy (non-hydrogen) atoms. The molecule has 2 rings (SSSR count). The van der Waals surface area contributed by atoms with Crippen molar-refractivity contribution in [1.82, 2.24) is 5.12 Å². The fraction of sp³-hybridized carbons (Fsp3) is 0.111. The van der Waals surface area contributed by atoms with E-state index < -0.39 is 0 Å². The Morgan fingerprint density at radius 1 is 1.29 bits per heavy atom. The van der Waals surface area contributed by atoms with Crippen LogP contribution in [0.3, 0.4) is 0 Å². The molecule has 1 aliphatic heterocycles. The van der Waals surface area contributed by atoms with Crippen molar-refractivity contribution in [2.75, 3.05) is 6.67 Å². The van der Waals surface area contributed by atoms with Crippen molar-refractivity contribution in [3.8, 4) is 0 Å². The number of rotatable bonds is 1. The van der Waals surface area contributed by atoms with Gasteiger partial charge in [0.2, 0.25) is 0 Å². The van der Waals surface area contributed by atoms with Crippen LogP contribution in [0.5, 0.6) is 0 Å². The van der Waals surface area contributed by atoms with Crippen molar-refractivity contribution >= 4 is 23.3 Å². The van der Waals surface area contributed by atoms with Crippen LogP contribution in [-0.2, 0) is 0 Å². The van der Waals surface area contributed by atoms with Crippen LogP contribution in [0.15, 0.2) is 45.2 Å². The summed E-state index contributed by atoms with van der Waals surface area (Å²) in [6.45, 7) is 0.0265. The molecule has 0 aromatic heterocycles. The van der Waals surface area contributed by atoms with E-state index in [1.807, 2.05) is 30.3 Å². The first kappa shape index (κ1) is 9.21. The van der Waals surface area contributed by atoms with Crippen molar-refractivity contribution in [2.45, 2.75) is 4.90 Å². The molecule has 0 aliphatic carbocycles. The Hall–Kier alpha value is -1.36. The van der Waals surface area contributed by atoms with Crippen molar-refractivity contribution in [3.05, 3.63) is 30.3 Å². The predicted octanol–water partition coefficient (Wildman–Crippen LogP) is 2.32. The van der Waals surface area contributed by atoms with Crippen LogP contribution >= 0.6 is 11.8 Å². The van der Waals surface area contributed by atoms with Crippen molar-refractivity contribution in [3.63, 3.8) is 0 Å². The van der Waals surface area contributed by atoms with Gasteiger partial charge in [-0.2, -0.15) is 5.12 Å². The van der Waals surface area contributed by atoms with Gasteiger partial charge in [-0.25, -0.2) is 9.98 Å². The van der Waals surface area contributed by atoms with Gasteiger partial charge in [-0.1, -0.05) is 34.4 Å². The zero-order valence-electron chi connectivity index (χ0n) is 7.30. The highest BCUT2D eigenvalue weighted by molar-refractivity contribution is 8.14. The van der Waals surface area contributed by atoms with Gasteiger partial charge in [-0.05, 0) is 12.1 Å². The molecule has 5 heteroatoms. The summed E-state index contributed by atoms with van der Waals surface area (Å²) < 4.78 is 12.5. The molecule has 0 unspecified atom stereocenters. The number of thioether (sulfide) groups is 1. The van der Waals surface area contributed by atoms with Crippen molar-refractivity contribution < 1.29 is 4.48 Å². The molecule has 0 atom stereocenters. The molecule has 1 heterocycles. The number of benzene rings is 1. The maximum Gasteiger partial charge on any atom is 0.191 e. The molecule has 1 aromatic carbocycles. The van der Waals surface area contributed by atoms with E-state index in [0.29, 0.717) is 10.3 Å². The zero-order valence-corrected chi connectivity index (χ0v) is 8.12. The number of hydrogen-bond donors (Lipinski definition) is 0. The first-order chi connectivity index (χ1) is 6.84. The SMILES string of the molecule is FN1C=NC(Sc2ccccc2)=NC1. The predicted molar refractivity (Wildman–Crippen MR) is 56.0 cm³/mol. The van der Waals surface area contributed by atoms with Gasteiger partial charge in [0.05, 0.1) is 0 Å². The lowest BCUT2D eigenvalue weighted by atomic mass is 10.4. The number of aliphatic imine (C=N–C) groups is 2. The van der Waals surface area contributed by atoms with Crippen LogP contribution in [0.4, 0.5) is 4.48 Å². The molecule has 0 N–H and O–H groups in total. The minimum Gasteiger partial charge on any atom is -0.236 e. The van der Waals surface area contributed by atoms with Crippen LogP contribution in [-0.4, -0.2) is 23.3 Å². The second kappa shape index (κ2) is 4.23. The summed E-state index contributed by atoms with van der Waals surface area (Å²) in [6, 6.07) is 9.75. The van der Waals surface area contributed by atoms with Gasteiger partial charge in [0.1, 0.15) is 13.0 Å². The van der Waals surface area contributed by atoms with Gasteiger partial charge in [-0.15, -0.1) is 0 Å².